The number of rotatable bonds is 3. The largest absolute Gasteiger partial charge is 0.399 e. The van der Waals surface area contributed by atoms with E-state index in [1.807, 2.05) is 6.07 Å². The average molecular weight is 340 g/mol. The van der Waals surface area contributed by atoms with Gasteiger partial charge in [0.1, 0.15) is 5.82 Å². The van der Waals surface area contributed by atoms with E-state index in [0.29, 0.717) is 26.5 Å². The Morgan fingerprint density at radius 1 is 1.19 bits per heavy atom. The molecule has 3 rings (SSSR count). The summed E-state index contributed by atoms with van der Waals surface area (Å²) < 4.78 is 12.5. The van der Waals surface area contributed by atoms with Gasteiger partial charge in [0.15, 0.2) is 0 Å². The molecule has 0 aliphatic heterocycles. The van der Waals surface area contributed by atoms with Gasteiger partial charge in [0.05, 0.1) is 42.5 Å². The second kappa shape index (κ2) is 5.67. The Bertz CT molecular complexity index is 827. The molecule has 4 nitrogen and oxygen atoms in total. The van der Waals surface area contributed by atoms with Crippen LogP contribution in [0.25, 0.3) is 11.0 Å². The smallest absolute Gasteiger partial charge is 0.120 e. The molecule has 0 saturated carbocycles. The molecule has 7 heteroatoms. The highest BCUT2D eigenvalue weighted by Gasteiger charge is 2.15. The minimum absolute atomic E-state index is 0.206. The first-order chi connectivity index (χ1) is 10.0. The van der Waals surface area contributed by atoms with E-state index in [1.54, 1.807) is 30.3 Å². The standard InChI is InChI=1S/C14H11Cl2N3OS/c15-9-2-1-3-10(16)14(9)21(20)7-13-18-11-5-4-8(17)6-12(11)19-13/h1-6H,7,17H2,(H,18,19). The molecule has 0 amide bonds. The minimum Gasteiger partial charge on any atom is -0.399 e. The van der Waals surface area contributed by atoms with Crippen LogP contribution in [0.1, 0.15) is 5.82 Å². The van der Waals surface area contributed by atoms with Gasteiger partial charge in [0, 0.05) is 5.69 Å². The van der Waals surface area contributed by atoms with Crippen LogP contribution < -0.4 is 5.73 Å². The van der Waals surface area contributed by atoms with Gasteiger partial charge >= 0.3 is 0 Å². The summed E-state index contributed by atoms with van der Waals surface area (Å²) in [6, 6.07) is 10.4. The number of aromatic amines is 1. The monoisotopic (exact) mass is 339 g/mol. The molecule has 3 aromatic rings. The summed E-state index contributed by atoms with van der Waals surface area (Å²) in [6.07, 6.45) is 0. The lowest BCUT2D eigenvalue weighted by atomic mass is 10.3. The number of benzene rings is 2. The first-order valence-corrected chi connectivity index (χ1v) is 8.18. The van der Waals surface area contributed by atoms with Gasteiger partial charge in [-0.1, -0.05) is 29.3 Å². The van der Waals surface area contributed by atoms with Gasteiger partial charge in [-0.15, -0.1) is 0 Å². The lowest BCUT2D eigenvalue weighted by Crippen LogP contribution is -2.00. The molecule has 1 unspecified atom stereocenters. The molecule has 0 fully saturated rings. The zero-order valence-electron chi connectivity index (χ0n) is 10.8. The number of aromatic nitrogens is 2. The molecule has 0 saturated heterocycles. The number of fused-ring (bicyclic) bond motifs is 1. The topological polar surface area (TPSA) is 71.8 Å². The third kappa shape index (κ3) is 2.90. The summed E-state index contributed by atoms with van der Waals surface area (Å²) in [7, 11) is -1.38. The Morgan fingerprint density at radius 3 is 2.62 bits per heavy atom. The molecule has 0 spiro atoms. The van der Waals surface area contributed by atoms with Crippen molar-refractivity contribution in [1.82, 2.24) is 9.97 Å². The number of hydrogen-bond acceptors (Lipinski definition) is 3. The molecule has 1 atom stereocenters. The van der Waals surface area contributed by atoms with Crippen LogP contribution in [0, 0.1) is 0 Å². The van der Waals surface area contributed by atoms with Crippen molar-refractivity contribution in [3.63, 3.8) is 0 Å². The van der Waals surface area contributed by atoms with Crippen LogP contribution >= 0.6 is 23.2 Å². The molecule has 0 aliphatic rings. The molecule has 2 aromatic carbocycles. The van der Waals surface area contributed by atoms with E-state index in [-0.39, 0.29) is 5.75 Å². The van der Waals surface area contributed by atoms with E-state index in [9.17, 15) is 4.21 Å². The number of nitrogens with one attached hydrogen (secondary N) is 1. The molecule has 0 bridgehead atoms. The van der Waals surface area contributed by atoms with Crippen molar-refractivity contribution in [2.75, 3.05) is 5.73 Å². The van der Waals surface area contributed by atoms with Gasteiger partial charge in [0.2, 0.25) is 0 Å². The Kier molecular flexibility index (Phi) is 3.89. The zero-order chi connectivity index (χ0) is 15.0. The second-order valence-electron chi connectivity index (χ2n) is 4.50. The van der Waals surface area contributed by atoms with E-state index in [2.05, 4.69) is 9.97 Å². The van der Waals surface area contributed by atoms with E-state index in [1.165, 1.54) is 0 Å². The number of nitrogens with zero attached hydrogens (tertiary/aromatic N) is 1. The minimum atomic E-state index is -1.38. The summed E-state index contributed by atoms with van der Waals surface area (Å²) in [5, 5.41) is 0.780. The van der Waals surface area contributed by atoms with Crippen LogP contribution in [0.4, 0.5) is 5.69 Å². The van der Waals surface area contributed by atoms with Gasteiger partial charge in [-0.3, -0.25) is 4.21 Å². The predicted octanol–water partition coefficient (Wildman–Crippen LogP) is 3.76. The fraction of sp³-hybridized carbons (Fsp3) is 0.0714. The first-order valence-electron chi connectivity index (χ1n) is 6.11. The summed E-state index contributed by atoms with van der Waals surface area (Å²) in [4.78, 5) is 7.93. The number of hydrogen-bond donors (Lipinski definition) is 2. The fourth-order valence-corrected chi connectivity index (χ4v) is 4.06. The summed E-state index contributed by atoms with van der Waals surface area (Å²) >= 11 is 12.1. The summed E-state index contributed by atoms with van der Waals surface area (Å²) in [6.45, 7) is 0. The Hall–Kier alpha value is -1.56. The van der Waals surface area contributed by atoms with Crippen LogP contribution in [0.3, 0.4) is 0 Å². The van der Waals surface area contributed by atoms with E-state index < -0.39 is 10.8 Å². The maximum Gasteiger partial charge on any atom is 0.120 e. The van der Waals surface area contributed by atoms with Crippen LogP contribution in [0.15, 0.2) is 41.3 Å². The number of halogens is 2. The van der Waals surface area contributed by atoms with E-state index in [4.69, 9.17) is 28.9 Å². The van der Waals surface area contributed by atoms with Crippen molar-refractivity contribution in [2.45, 2.75) is 10.6 Å². The van der Waals surface area contributed by atoms with Gasteiger partial charge in [0.25, 0.3) is 0 Å². The Labute approximate surface area is 133 Å². The van der Waals surface area contributed by atoms with Gasteiger partial charge in [-0.05, 0) is 30.3 Å². The van der Waals surface area contributed by atoms with Crippen LogP contribution in [0.2, 0.25) is 10.0 Å². The van der Waals surface area contributed by atoms with E-state index >= 15 is 0 Å². The Balaban J connectivity index is 1.93. The maximum atomic E-state index is 12.5. The highest BCUT2D eigenvalue weighted by atomic mass is 35.5. The lowest BCUT2D eigenvalue weighted by molar-refractivity contribution is 0.682. The third-order valence-corrected chi connectivity index (χ3v) is 5.25. The number of imidazole rings is 1. The van der Waals surface area contributed by atoms with Crippen LogP contribution in [-0.4, -0.2) is 14.2 Å². The third-order valence-electron chi connectivity index (χ3n) is 2.97. The van der Waals surface area contributed by atoms with Crippen molar-refractivity contribution in [2.24, 2.45) is 0 Å². The maximum absolute atomic E-state index is 12.5. The number of anilines is 1. The van der Waals surface area contributed by atoms with E-state index in [0.717, 1.165) is 11.0 Å². The van der Waals surface area contributed by atoms with Crippen molar-refractivity contribution < 1.29 is 4.21 Å². The van der Waals surface area contributed by atoms with Crippen molar-refractivity contribution in [1.29, 1.82) is 0 Å². The zero-order valence-corrected chi connectivity index (χ0v) is 13.1. The first kappa shape index (κ1) is 14.4. The van der Waals surface area contributed by atoms with Gasteiger partial charge < -0.3 is 10.7 Å². The molecule has 21 heavy (non-hydrogen) atoms. The van der Waals surface area contributed by atoms with Crippen molar-refractivity contribution in [3.8, 4) is 0 Å². The number of nitrogens with two attached hydrogens (primary N) is 1. The van der Waals surface area contributed by atoms with Gasteiger partial charge in [-0.25, -0.2) is 4.98 Å². The highest BCUT2D eigenvalue weighted by Crippen LogP contribution is 2.29. The summed E-state index contributed by atoms with van der Waals surface area (Å²) in [5.74, 6) is 0.808. The molecule has 3 N–H and O–H groups in total. The summed E-state index contributed by atoms with van der Waals surface area (Å²) in [5.41, 5.74) is 7.96. The molecule has 0 radical (unpaired) electrons. The molecule has 1 heterocycles. The highest BCUT2D eigenvalue weighted by molar-refractivity contribution is 7.84. The lowest BCUT2D eigenvalue weighted by Gasteiger charge is -2.05. The SMILES string of the molecule is Nc1ccc2nc(CS(=O)c3c(Cl)cccc3Cl)[nH]c2c1. The second-order valence-corrected chi connectivity index (χ2v) is 6.70. The molecule has 108 valence electrons. The van der Waals surface area contributed by atoms with Crippen molar-refractivity contribution >= 4 is 50.7 Å². The quantitative estimate of drug-likeness (QED) is 0.713. The number of nitrogen functional groups attached to an aromatic ring is 1. The molecular formula is C14H11Cl2N3OS. The molecular weight excluding hydrogens is 329 g/mol. The fourth-order valence-electron chi connectivity index (χ4n) is 2.04. The normalized spacial score (nSPS) is 12.7. The molecule has 1 aromatic heterocycles. The van der Waals surface area contributed by atoms with Crippen molar-refractivity contribution in [3.05, 3.63) is 52.3 Å². The average Bonchev–Trinajstić information content (AvgIpc) is 2.79. The van der Waals surface area contributed by atoms with Crippen LogP contribution in [-0.2, 0) is 16.6 Å². The number of H-pyrrole nitrogens is 1. The molecule has 0 aliphatic carbocycles. The predicted molar refractivity (Wildman–Crippen MR) is 87.1 cm³/mol. The van der Waals surface area contributed by atoms with Gasteiger partial charge in [-0.2, -0.15) is 0 Å². The Morgan fingerprint density at radius 2 is 1.90 bits per heavy atom. The van der Waals surface area contributed by atoms with Crippen LogP contribution in [0.5, 0.6) is 0 Å².